The molecule has 2 rings (SSSR count). The lowest BCUT2D eigenvalue weighted by Gasteiger charge is -1.94. The average Bonchev–Trinajstić information content (AvgIpc) is 2.28. The predicted molar refractivity (Wildman–Crippen MR) is 44.5 cm³/mol. The smallest absolute Gasteiger partial charge is 0.148 e. The monoisotopic (exact) mass is 165 g/mol. The second-order valence-corrected chi connectivity index (χ2v) is 2.79. The Kier molecular flexibility index (Phi) is 1.33. The standard InChI is InChI=1S/C9H8FNO/c1-11-5-8(10)7-4-6(12)2-3-9(7)11/h2-5,12H,1H3. The molecule has 0 aliphatic rings. The maximum Gasteiger partial charge on any atom is 0.148 e. The number of phenolic OH excluding ortho intramolecular Hbond substituents is 1. The number of phenols is 1. The highest BCUT2D eigenvalue weighted by molar-refractivity contribution is 5.82. The molecule has 62 valence electrons. The summed E-state index contributed by atoms with van der Waals surface area (Å²) in [6, 6.07) is 4.65. The Morgan fingerprint density at radius 1 is 1.42 bits per heavy atom. The van der Waals surface area contributed by atoms with Gasteiger partial charge in [-0.15, -0.1) is 0 Å². The van der Waals surface area contributed by atoms with E-state index in [4.69, 9.17) is 5.11 Å². The Morgan fingerprint density at radius 3 is 2.92 bits per heavy atom. The van der Waals surface area contributed by atoms with Crippen molar-refractivity contribution < 1.29 is 9.50 Å². The molecule has 0 unspecified atom stereocenters. The van der Waals surface area contributed by atoms with E-state index in [1.165, 1.54) is 12.3 Å². The maximum absolute atomic E-state index is 13.1. The van der Waals surface area contributed by atoms with Crippen molar-refractivity contribution in [2.24, 2.45) is 7.05 Å². The van der Waals surface area contributed by atoms with Crippen LogP contribution < -0.4 is 0 Å². The van der Waals surface area contributed by atoms with Gasteiger partial charge in [0, 0.05) is 18.6 Å². The summed E-state index contributed by atoms with van der Waals surface area (Å²) in [5, 5.41) is 9.54. The minimum absolute atomic E-state index is 0.0904. The van der Waals surface area contributed by atoms with Crippen molar-refractivity contribution in [3.63, 3.8) is 0 Å². The number of nitrogens with zero attached hydrogens (tertiary/aromatic N) is 1. The molecule has 0 amide bonds. The van der Waals surface area contributed by atoms with Crippen LogP contribution in [0.4, 0.5) is 4.39 Å². The zero-order chi connectivity index (χ0) is 8.72. The fourth-order valence-corrected chi connectivity index (χ4v) is 1.33. The predicted octanol–water partition coefficient (Wildman–Crippen LogP) is 2.02. The molecular weight excluding hydrogens is 157 g/mol. The highest BCUT2D eigenvalue weighted by Crippen LogP contribution is 2.23. The van der Waals surface area contributed by atoms with E-state index >= 15 is 0 Å². The minimum Gasteiger partial charge on any atom is -0.508 e. The van der Waals surface area contributed by atoms with Crippen molar-refractivity contribution in [2.75, 3.05) is 0 Å². The molecule has 2 aromatic rings. The second kappa shape index (κ2) is 2.24. The van der Waals surface area contributed by atoms with Crippen molar-refractivity contribution in [1.82, 2.24) is 4.57 Å². The SMILES string of the molecule is Cn1cc(F)c2cc(O)ccc21. The van der Waals surface area contributed by atoms with Gasteiger partial charge in [0.1, 0.15) is 11.6 Å². The zero-order valence-corrected chi connectivity index (χ0v) is 6.58. The van der Waals surface area contributed by atoms with Gasteiger partial charge in [-0.25, -0.2) is 4.39 Å². The number of benzene rings is 1. The van der Waals surface area contributed by atoms with Gasteiger partial charge >= 0.3 is 0 Å². The lowest BCUT2D eigenvalue weighted by atomic mass is 10.2. The number of hydrogen-bond acceptors (Lipinski definition) is 1. The molecule has 12 heavy (non-hydrogen) atoms. The average molecular weight is 165 g/mol. The first-order valence-corrected chi connectivity index (χ1v) is 3.62. The van der Waals surface area contributed by atoms with Gasteiger partial charge in [-0.1, -0.05) is 0 Å². The Hall–Kier alpha value is -1.51. The molecule has 0 radical (unpaired) electrons. The van der Waals surface area contributed by atoms with Crippen LogP contribution in [0.3, 0.4) is 0 Å². The summed E-state index contributed by atoms with van der Waals surface area (Å²) in [6.07, 6.45) is 1.39. The van der Waals surface area contributed by atoms with E-state index in [9.17, 15) is 4.39 Å². The number of aromatic nitrogens is 1. The molecule has 0 saturated carbocycles. The molecule has 0 bridgehead atoms. The van der Waals surface area contributed by atoms with Gasteiger partial charge in [0.05, 0.1) is 5.52 Å². The number of halogens is 1. The van der Waals surface area contributed by atoms with Crippen LogP contribution in [0.2, 0.25) is 0 Å². The second-order valence-electron chi connectivity index (χ2n) is 2.79. The summed E-state index contributed by atoms with van der Waals surface area (Å²) < 4.78 is 14.7. The van der Waals surface area contributed by atoms with Gasteiger partial charge in [0.2, 0.25) is 0 Å². The van der Waals surface area contributed by atoms with E-state index in [2.05, 4.69) is 0 Å². The van der Waals surface area contributed by atoms with E-state index < -0.39 is 0 Å². The van der Waals surface area contributed by atoms with Gasteiger partial charge in [-0.3, -0.25) is 0 Å². The van der Waals surface area contributed by atoms with Crippen LogP contribution in [0, 0.1) is 5.82 Å². The zero-order valence-electron chi connectivity index (χ0n) is 6.58. The third-order valence-corrected chi connectivity index (χ3v) is 1.92. The molecule has 1 aromatic heterocycles. The van der Waals surface area contributed by atoms with Crippen LogP contribution >= 0.6 is 0 Å². The highest BCUT2D eigenvalue weighted by Gasteiger charge is 2.05. The van der Waals surface area contributed by atoms with Gasteiger partial charge in [0.25, 0.3) is 0 Å². The minimum atomic E-state index is -0.302. The number of hydrogen-bond donors (Lipinski definition) is 1. The highest BCUT2D eigenvalue weighted by atomic mass is 19.1. The molecule has 0 aliphatic heterocycles. The van der Waals surface area contributed by atoms with E-state index in [0.717, 1.165) is 5.52 Å². The molecule has 1 heterocycles. The van der Waals surface area contributed by atoms with Crippen LogP contribution in [-0.4, -0.2) is 9.67 Å². The summed E-state index contributed by atoms with van der Waals surface area (Å²) in [4.78, 5) is 0. The number of aromatic hydroxyl groups is 1. The quantitative estimate of drug-likeness (QED) is 0.634. The van der Waals surface area contributed by atoms with Crippen LogP contribution in [0.25, 0.3) is 10.9 Å². The molecule has 3 heteroatoms. The van der Waals surface area contributed by atoms with Crippen molar-refractivity contribution in [2.45, 2.75) is 0 Å². The summed E-state index contributed by atoms with van der Waals surface area (Å²) in [6.45, 7) is 0. The van der Waals surface area contributed by atoms with Crippen molar-refractivity contribution >= 4 is 10.9 Å². The summed E-state index contributed by atoms with van der Waals surface area (Å²) >= 11 is 0. The molecule has 1 aromatic carbocycles. The Morgan fingerprint density at radius 2 is 2.17 bits per heavy atom. The first kappa shape index (κ1) is 7.16. The van der Waals surface area contributed by atoms with Crippen molar-refractivity contribution in [3.05, 3.63) is 30.2 Å². The Labute approximate surface area is 68.9 Å². The van der Waals surface area contributed by atoms with Gasteiger partial charge in [0.15, 0.2) is 0 Å². The Balaban J connectivity index is 2.90. The topological polar surface area (TPSA) is 25.2 Å². The first-order chi connectivity index (χ1) is 5.68. The third kappa shape index (κ3) is 0.863. The summed E-state index contributed by atoms with van der Waals surface area (Å²) in [5.74, 6) is -0.212. The normalized spacial score (nSPS) is 10.8. The molecule has 2 nitrogen and oxygen atoms in total. The molecular formula is C9H8FNO. The van der Waals surface area contributed by atoms with Gasteiger partial charge in [-0.2, -0.15) is 0 Å². The summed E-state index contributed by atoms with van der Waals surface area (Å²) in [7, 11) is 1.77. The third-order valence-electron chi connectivity index (χ3n) is 1.92. The van der Waals surface area contributed by atoms with E-state index in [1.54, 1.807) is 23.7 Å². The molecule has 0 atom stereocenters. The van der Waals surface area contributed by atoms with E-state index in [1.807, 2.05) is 0 Å². The number of aryl methyl sites for hydroxylation is 1. The van der Waals surface area contributed by atoms with Crippen molar-refractivity contribution in [3.8, 4) is 5.75 Å². The van der Waals surface area contributed by atoms with Crippen molar-refractivity contribution in [1.29, 1.82) is 0 Å². The fraction of sp³-hybridized carbons (Fsp3) is 0.111. The first-order valence-electron chi connectivity index (χ1n) is 3.62. The molecule has 1 N–H and O–H groups in total. The van der Waals surface area contributed by atoms with Crippen LogP contribution in [0.15, 0.2) is 24.4 Å². The summed E-state index contributed by atoms with van der Waals surface area (Å²) in [5.41, 5.74) is 0.783. The van der Waals surface area contributed by atoms with Crippen LogP contribution in [0.1, 0.15) is 0 Å². The number of rotatable bonds is 0. The number of fused-ring (bicyclic) bond motifs is 1. The van der Waals surface area contributed by atoms with Gasteiger partial charge in [-0.05, 0) is 18.2 Å². The van der Waals surface area contributed by atoms with E-state index in [0.29, 0.717) is 5.39 Å². The molecule has 0 saturated heterocycles. The van der Waals surface area contributed by atoms with Gasteiger partial charge < -0.3 is 9.67 Å². The van der Waals surface area contributed by atoms with E-state index in [-0.39, 0.29) is 11.6 Å². The van der Waals surface area contributed by atoms with Crippen LogP contribution in [-0.2, 0) is 7.05 Å². The molecule has 0 spiro atoms. The lowest BCUT2D eigenvalue weighted by molar-refractivity contribution is 0.476. The molecule has 0 fully saturated rings. The maximum atomic E-state index is 13.1. The Bertz CT molecular complexity index is 433. The molecule has 0 aliphatic carbocycles. The fourth-order valence-electron chi connectivity index (χ4n) is 1.33. The largest absolute Gasteiger partial charge is 0.508 e. The van der Waals surface area contributed by atoms with Crippen LogP contribution in [0.5, 0.6) is 5.75 Å². The lowest BCUT2D eigenvalue weighted by Crippen LogP contribution is -1.81.